The molecular formula is C12H11F6N. The summed E-state index contributed by atoms with van der Waals surface area (Å²) in [5, 5.41) is 0. The van der Waals surface area contributed by atoms with Crippen LogP contribution >= 0.6 is 0 Å². The summed E-state index contributed by atoms with van der Waals surface area (Å²) in [6, 6.07) is 0.0644. The highest BCUT2D eigenvalue weighted by molar-refractivity contribution is 5.30. The molecule has 0 aliphatic heterocycles. The summed E-state index contributed by atoms with van der Waals surface area (Å²) in [5.41, 5.74) is 2.89. The summed E-state index contributed by atoms with van der Waals surface area (Å²) in [7, 11) is 0. The number of rotatable bonds is 1. The van der Waals surface area contributed by atoms with Crippen molar-refractivity contribution in [1.82, 2.24) is 0 Å². The highest BCUT2D eigenvalue weighted by Gasteiger charge is 2.45. The average molecular weight is 283 g/mol. The zero-order valence-electron chi connectivity index (χ0n) is 9.75. The van der Waals surface area contributed by atoms with Crippen LogP contribution in [0.5, 0.6) is 0 Å². The number of hydrogen-bond acceptors (Lipinski definition) is 1. The molecule has 0 amide bonds. The van der Waals surface area contributed by atoms with Crippen LogP contribution in [-0.2, 0) is 5.54 Å². The van der Waals surface area contributed by atoms with E-state index < -0.39 is 66.0 Å². The molecule has 1 aliphatic carbocycles. The normalized spacial score (nSPS) is 21.4. The van der Waals surface area contributed by atoms with Crippen LogP contribution in [0.1, 0.15) is 31.2 Å². The lowest BCUT2D eigenvalue weighted by Gasteiger charge is -2.37. The predicted octanol–water partition coefficient (Wildman–Crippen LogP) is 3.61. The molecule has 0 heterocycles. The zero-order chi connectivity index (χ0) is 14.4. The fourth-order valence-corrected chi connectivity index (χ4v) is 2.32. The van der Waals surface area contributed by atoms with E-state index in [9.17, 15) is 26.3 Å². The molecule has 7 heteroatoms. The van der Waals surface area contributed by atoms with Gasteiger partial charge in [0, 0.05) is 30.0 Å². The Morgan fingerprint density at radius 2 is 1.26 bits per heavy atom. The molecule has 1 aromatic carbocycles. The van der Waals surface area contributed by atoms with Gasteiger partial charge < -0.3 is 5.73 Å². The van der Waals surface area contributed by atoms with Gasteiger partial charge in [-0.15, -0.1) is 0 Å². The van der Waals surface area contributed by atoms with Crippen molar-refractivity contribution < 1.29 is 26.3 Å². The van der Waals surface area contributed by atoms with Crippen molar-refractivity contribution >= 4 is 0 Å². The molecule has 0 aromatic heterocycles. The van der Waals surface area contributed by atoms with Crippen LogP contribution in [0.2, 0.25) is 0 Å². The number of hydrogen-bond donors (Lipinski definition) is 1. The van der Waals surface area contributed by atoms with E-state index in [0.29, 0.717) is 0 Å². The van der Waals surface area contributed by atoms with Gasteiger partial charge in [0.2, 0.25) is 5.92 Å². The Kier molecular flexibility index (Phi) is 3.28. The average Bonchev–Trinajstić information content (AvgIpc) is 2.32. The quantitative estimate of drug-likeness (QED) is 0.618. The molecule has 2 rings (SSSR count). The number of alkyl halides is 2. The fourth-order valence-electron chi connectivity index (χ4n) is 2.32. The lowest BCUT2D eigenvalue weighted by Crippen LogP contribution is -2.45. The van der Waals surface area contributed by atoms with Crippen molar-refractivity contribution in [3.05, 3.63) is 34.9 Å². The highest BCUT2D eigenvalue weighted by Crippen LogP contribution is 2.44. The van der Waals surface area contributed by atoms with E-state index in [2.05, 4.69) is 0 Å². The minimum atomic E-state index is -2.97. The number of nitrogens with two attached hydrogens (primary N) is 1. The van der Waals surface area contributed by atoms with Crippen LogP contribution in [0, 0.1) is 23.3 Å². The molecule has 1 aromatic rings. The third-order valence-electron chi connectivity index (χ3n) is 3.48. The molecule has 1 saturated carbocycles. The van der Waals surface area contributed by atoms with Gasteiger partial charge in [-0.2, -0.15) is 0 Å². The van der Waals surface area contributed by atoms with Crippen molar-refractivity contribution in [3.63, 3.8) is 0 Å². The molecule has 106 valence electrons. The van der Waals surface area contributed by atoms with Crippen molar-refractivity contribution in [2.24, 2.45) is 5.73 Å². The number of halogens is 6. The lowest BCUT2D eigenvalue weighted by atomic mass is 9.75. The van der Waals surface area contributed by atoms with Crippen LogP contribution in [0.3, 0.4) is 0 Å². The summed E-state index contributed by atoms with van der Waals surface area (Å²) < 4.78 is 79.5. The van der Waals surface area contributed by atoms with E-state index in [1.807, 2.05) is 0 Å². The predicted molar refractivity (Wildman–Crippen MR) is 55.6 cm³/mol. The Morgan fingerprint density at radius 3 is 1.68 bits per heavy atom. The topological polar surface area (TPSA) is 26.0 Å². The van der Waals surface area contributed by atoms with Crippen LogP contribution < -0.4 is 5.73 Å². The standard InChI is InChI=1S/C12H11F6N/c13-6-5-7(14)10(16)8(9(6)15)11(19)1-3-12(17,18)4-2-11/h5H,1-4,19H2. The van der Waals surface area contributed by atoms with Crippen molar-refractivity contribution in [2.75, 3.05) is 0 Å². The zero-order valence-corrected chi connectivity index (χ0v) is 9.75. The van der Waals surface area contributed by atoms with E-state index in [1.165, 1.54) is 0 Å². The first-order valence-corrected chi connectivity index (χ1v) is 5.66. The molecule has 1 aliphatic rings. The second-order valence-corrected chi connectivity index (χ2v) is 4.86. The van der Waals surface area contributed by atoms with Gasteiger partial charge in [0.15, 0.2) is 23.3 Å². The Morgan fingerprint density at radius 1 is 0.842 bits per heavy atom. The second-order valence-electron chi connectivity index (χ2n) is 4.86. The van der Waals surface area contributed by atoms with Crippen molar-refractivity contribution in [3.8, 4) is 0 Å². The van der Waals surface area contributed by atoms with Crippen LogP contribution in [-0.4, -0.2) is 5.92 Å². The molecule has 0 saturated heterocycles. The number of benzene rings is 1. The molecule has 1 fully saturated rings. The molecule has 0 unspecified atom stereocenters. The van der Waals surface area contributed by atoms with Gasteiger partial charge in [-0.3, -0.25) is 0 Å². The maximum atomic E-state index is 13.6. The third-order valence-corrected chi connectivity index (χ3v) is 3.48. The summed E-state index contributed by atoms with van der Waals surface area (Å²) in [6.07, 6.45) is -2.26. The van der Waals surface area contributed by atoms with Gasteiger partial charge in [0.25, 0.3) is 0 Å². The first-order valence-electron chi connectivity index (χ1n) is 5.66. The van der Waals surface area contributed by atoms with Gasteiger partial charge in [0.1, 0.15) is 0 Å². The minimum Gasteiger partial charge on any atom is -0.321 e. The molecule has 0 atom stereocenters. The third kappa shape index (κ3) is 2.43. The molecule has 2 N–H and O–H groups in total. The lowest BCUT2D eigenvalue weighted by molar-refractivity contribution is -0.0523. The molecule has 0 radical (unpaired) electrons. The maximum Gasteiger partial charge on any atom is 0.248 e. The Bertz CT molecular complexity index is 477. The van der Waals surface area contributed by atoms with E-state index in [0.717, 1.165) is 0 Å². The van der Waals surface area contributed by atoms with Crippen LogP contribution in [0.15, 0.2) is 6.07 Å². The Labute approximate surface area is 105 Å². The molecule has 0 spiro atoms. The largest absolute Gasteiger partial charge is 0.321 e. The SMILES string of the molecule is NC1(c2c(F)c(F)cc(F)c2F)CCC(F)(F)CC1. The van der Waals surface area contributed by atoms with E-state index >= 15 is 0 Å². The highest BCUT2D eigenvalue weighted by atomic mass is 19.3. The van der Waals surface area contributed by atoms with E-state index in [1.54, 1.807) is 0 Å². The van der Waals surface area contributed by atoms with Gasteiger partial charge >= 0.3 is 0 Å². The van der Waals surface area contributed by atoms with Crippen LogP contribution in [0.25, 0.3) is 0 Å². The molecule has 0 bridgehead atoms. The Hall–Kier alpha value is -1.24. The van der Waals surface area contributed by atoms with Crippen molar-refractivity contribution in [1.29, 1.82) is 0 Å². The molecule has 1 nitrogen and oxygen atoms in total. The van der Waals surface area contributed by atoms with Gasteiger partial charge in [-0.05, 0) is 12.8 Å². The van der Waals surface area contributed by atoms with E-state index in [-0.39, 0.29) is 6.07 Å². The van der Waals surface area contributed by atoms with E-state index in [4.69, 9.17) is 5.73 Å². The summed E-state index contributed by atoms with van der Waals surface area (Å²) in [5.74, 6) is -9.38. The van der Waals surface area contributed by atoms with Gasteiger partial charge in [-0.1, -0.05) is 0 Å². The first kappa shape index (κ1) is 14.2. The maximum absolute atomic E-state index is 13.6. The fraction of sp³-hybridized carbons (Fsp3) is 0.500. The van der Waals surface area contributed by atoms with Crippen LogP contribution in [0.4, 0.5) is 26.3 Å². The second kappa shape index (κ2) is 4.40. The summed E-state index contributed by atoms with van der Waals surface area (Å²) >= 11 is 0. The monoisotopic (exact) mass is 283 g/mol. The first-order chi connectivity index (χ1) is 8.66. The molecular weight excluding hydrogens is 272 g/mol. The van der Waals surface area contributed by atoms with Gasteiger partial charge in [-0.25, -0.2) is 26.3 Å². The molecule has 19 heavy (non-hydrogen) atoms. The van der Waals surface area contributed by atoms with Gasteiger partial charge in [0.05, 0.1) is 0 Å². The summed E-state index contributed by atoms with van der Waals surface area (Å²) in [4.78, 5) is 0. The smallest absolute Gasteiger partial charge is 0.248 e. The Balaban J connectivity index is 2.48. The summed E-state index contributed by atoms with van der Waals surface area (Å²) in [6.45, 7) is 0. The minimum absolute atomic E-state index is 0.0644. The van der Waals surface area contributed by atoms with Crippen molar-refractivity contribution in [2.45, 2.75) is 37.1 Å².